The van der Waals surface area contributed by atoms with Gasteiger partial charge in [-0.3, -0.25) is 19.4 Å². The average Bonchev–Trinajstić information content (AvgIpc) is 2.85. The molecule has 3 aromatic rings. The van der Waals surface area contributed by atoms with Crippen LogP contribution < -0.4 is 21.9 Å². The summed E-state index contributed by atoms with van der Waals surface area (Å²) in [6.45, 7) is 2.48. The number of amides is 1. The molecule has 1 unspecified atom stereocenters. The molecule has 3 rings (SSSR count). The molecule has 1 amide bonds. The quantitative estimate of drug-likeness (QED) is 0.199. The predicted molar refractivity (Wildman–Crippen MR) is 129 cm³/mol. The molecule has 14 nitrogen and oxygen atoms in total. The lowest BCUT2D eigenvalue weighted by atomic mass is 10.1. The average molecular weight is 502 g/mol. The number of H-pyrrole nitrogens is 1. The highest BCUT2D eigenvalue weighted by Gasteiger charge is 2.21. The van der Waals surface area contributed by atoms with Crippen LogP contribution in [0.5, 0.6) is 0 Å². The zero-order valence-electron chi connectivity index (χ0n) is 19.4. The van der Waals surface area contributed by atoms with E-state index in [0.717, 1.165) is 6.42 Å². The molecule has 0 aliphatic carbocycles. The number of aromatic nitrogens is 4. The minimum Gasteiger partial charge on any atom is -0.481 e. The van der Waals surface area contributed by atoms with E-state index >= 15 is 0 Å². The van der Waals surface area contributed by atoms with Crippen LogP contribution in [0.3, 0.4) is 0 Å². The fourth-order valence-electron chi connectivity index (χ4n) is 2.75. The molecule has 0 bridgehead atoms. The molecule has 1 atom stereocenters. The highest BCUT2D eigenvalue weighted by atomic mass is 16.4. The SMILES string of the molecule is CCCO.Nc1nc2ncc(CNc3ccc(C(=O)NC(CCC(=O)O)C(=O)O)cc3)nc2c(=O)[nH]1. The summed E-state index contributed by atoms with van der Waals surface area (Å²) in [5, 5.41) is 31.1. The summed E-state index contributed by atoms with van der Waals surface area (Å²) in [4.78, 5) is 60.6. The van der Waals surface area contributed by atoms with E-state index in [4.69, 9.17) is 21.1 Å². The molecule has 0 saturated heterocycles. The van der Waals surface area contributed by atoms with Crippen LogP contribution in [0.1, 0.15) is 42.2 Å². The Bertz CT molecular complexity index is 1260. The molecule has 0 radical (unpaired) electrons. The summed E-state index contributed by atoms with van der Waals surface area (Å²) in [6.07, 6.45) is 1.72. The fraction of sp³-hybridized carbons (Fsp3) is 0.318. The normalized spacial score (nSPS) is 11.2. The molecule has 0 saturated carbocycles. The number of hydrogen-bond acceptors (Lipinski definition) is 10. The summed E-state index contributed by atoms with van der Waals surface area (Å²) >= 11 is 0. The molecule has 2 aromatic heterocycles. The second-order valence-corrected chi connectivity index (χ2v) is 7.44. The topological polar surface area (TPSA) is 234 Å². The number of anilines is 2. The fourth-order valence-corrected chi connectivity index (χ4v) is 2.75. The Kier molecular flexibility index (Phi) is 10.2. The van der Waals surface area contributed by atoms with Crippen molar-refractivity contribution in [3.63, 3.8) is 0 Å². The second-order valence-electron chi connectivity index (χ2n) is 7.44. The van der Waals surface area contributed by atoms with Crippen molar-refractivity contribution in [2.24, 2.45) is 0 Å². The van der Waals surface area contributed by atoms with E-state index in [1.807, 2.05) is 6.92 Å². The molecular weight excluding hydrogens is 474 g/mol. The molecule has 2 heterocycles. The third kappa shape index (κ3) is 8.32. The summed E-state index contributed by atoms with van der Waals surface area (Å²) in [5.74, 6) is -3.16. The van der Waals surface area contributed by atoms with E-state index in [-0.39, 0.29) is 42.1 Å². The van der Waals surface area contributed by atoms with E-state index in [0.29, 0.717) is 18.0 Å². The Hall–Kier alpha value is -4.59. The maximum atomic E-state index is 12.3. The molecule has 0 fully saturated rings. The predicted octanol–water partition coefficient (Wildman–Crippen LogP) is 0.344. The number of rotatable bonds is 10. The van der Waals surface area contributed by atoms with Gasteiger partial charge in [0.1, 0.15) is 6.04 Å². The third-order valence-electron chi connectivity index (χ3n) is 4.58. The van der Waals surface area contributed by atoms with E-state index in [9.17, 15) is 19.2 Å². The van der Waals surface area contributed by atoms with Gasteiger partial charge in [-0.15, -0.1) is 0 Å². The van der Waals surface area contributed by atoms with Crippen molar-refractivity contribution in [2.45, 2.75) is 38.8 Å². The van der Waals surface area contributed by atoms with Crippen LogP contribution in [-0.2, 0) is 16.1 Å². The van der Waals surface area contributed by atoms with Crippen LogP contribution in [0.2, 0.25) is 0 Å². The van der Waals surface area contributed by atoms with Gasteiger partial charge in [-0.05, 0) is 37.1 Å². The maximum Gasteiger partial charge on any atom is 0.326 e. The first-order chi connectivity index (χ1) is 17.1. The van der Waals surface area contributed by atoms with Gasteiger partial charge in [0.25, 0.3) is 11.5 Å². The van der Waals surface area contributed by atoms with E-state index in [1.54, 1.807) is 12.1 Å². The molecule has 192 valence electrons. The third-order valence-corrected chi connectivity index (χ3v) is 4.58. The Labute approximate surface area is 204 Å². The number of nitrogens with one attached hydrogen (secondary N) is 3. The van der Waals surface area contributed by atoms with Crippen molar-refractivity contribution in [3.05, 3.63) is 52.1 Å². The van der Waals surface area contributed by atoms with Crippen molar-refractivity contribution in [1.29, 1.82) is 0 Å². The Balaban J connectivity index is 0.00000106. The lowest BCUT2D eigenvalue weighted by Crippen LogP contribution is -2.41. The van der Waals surface area contributed by atoms with Crippen molar-refractivity contribution >= 4 is 40.6 Å². The lowest BCUT2D eigenvalue weighted by Gasteiger charge is -2.14. The van der Waals surface area contributed by atoms with Gasteiger partial charge in [0.2, 0.25) is 5.95 Å². The van der Waals surface area contributed by atoms with Gasteiger partial charge in [0.15, 0.2) is 11.2 Å². The number of nitrogens with two attached hydrogens (primary N) is 1. The summed E-state index contributed by atoms with van der Waals surface area (Å²) < 4.78 is 0. The Morgan fingerprint density at radius 3 is 2.39 bits per heavy atom. The standard InChI is InChI=1S/C19H19N7O6.C3H8O/c20-19-25-15-14(17(30)26-19)23-11(8-22-15)7-21-10-3-1-9(2-4-10)16(29)24-12(18(31)32)5-6-13(27)28;1-2-3-4/h1-4,8,12,21H,5-7H2,(H,24,29)(H,27,28)(H,31,32)(H3,20,22,25,26,30);4H,2-3H2,1H3. The second kappa shape index (κ2) is 13.3. The van der Waals surface area contributed by atoms with Crippen LogP contribution >= 0.6 is 0 Å². The Morgan fingerprint density at radius 1 is 1.14 bits per heavy atom. The minimum atomic E-state index is -1.31. The maximum absolute atomic E-state index is 12.3. The van der Waals surface area contributed by atoms with Crippen LogP contribution in [0.25, 0.3) is 11.2 Å². The number of carbonyl (C=O) groups is 3. The van der Waals surface area contributed by atoms with Crippen molar-refractivity contribution < 1.29 is 29.7 Å². The Morgan fingerprint density at radius 2 is 1.81 bits per heavy atom. The summed E-state index contributed by atoms with van der Waals surface area (Å²) in [6, 6.07) is 4.86. The van der Waals surface area contributed by atoms with Crippen LogP contribution in [-0.4, -0.2) is 65.8 Å². The molecule has 14 heteroatoms. The van der Waals surface area contributed by atoms with Gasteiger partial charge in [-0.1, -0.05) is 6.92 Å². The first-order valence-corrected chi connectivity index (χ1v) is 10.9. The highest BCUT2D eigenvalue weighted by Crippen LogP contribution is 2.12. The number of hydrogen-bond donors (Lipinski definition) is 7. The number of aromatic amines is 1. The number of benzene rings is 1. The zero-order chi connectivity index (χ0) is 26.7. The van der Waals surface area contributed by atoms with Crippen molar-refractivity contribution in [3.8, 4) is 0 Å². The van der Waals surface area contributed by atoms with Gasteiger partial charge in [0.05, 0.1) is 18.4 Å². The number of fused-ring (bicyclic) bond motifs is 1. The monoisotopic (exact) mass is 501 g/mol. The lowest BCUT2D eigenvalue weighted by molar-refractivity contribution is -0.140. The number of nitrogens with zero attached hydrogens (tertiary/aromatic N) is 3. The largest absolute Gasteiger partial charge is 0.481 e. The molecule has 0 aliphatic heterocycles. The van der Waals surface area contributed by atoms with E-state index < -0.39 is 29.4 Å². The van der Waals surface area contributed by atoms with Gasteiger partial charge in [0, 0.05) is 24.3 Å². The van der Waals surface area contributed by atoms with Gasteiger partial charge in [-0.25, -0.2) is 14.8 Å². The van der Waals surface area contributed by atoms with Gasteiger partial charge in [-0.2, -0.15) is 4.98 Å². The number of carbonyl (C=O) groups excluding carboxylic acids is 1. The first-order valence-electron chi connectivity index (χ1n) is 10.9. The number of aliphatic hydroxyl groups is 1. The zero-order valence-corrected chi connectivity index (χ0v) is 19.4. The molecule has 0 spiro atoms. The van der Waals surface area contributed by atoms with Crippen LogP contribution in [0, 0.1) is 0 Å². The number of carboxylic acid groups (broad SMARTS) is 2. The van der Waals surface area contributed by atoms with Crippen molar-refractivity contribution in [2.75, 3.05) is 17.7 Å². The molecular formula is C22H27N7O7. The number of carboxylic acids is 2. The van der Waals surface area contributed by atoms with Gasteiger partial charge >= 0.3 is 11.9 Å². The number of nitrogen functional groups attached to an aromatic ring is 1. The molecule has 1 aromatic carbocycles. The van der Waals surface area contributed by atoms with Gasteiger partial charge < -0.3 is 31.7 Å². The highest BCUT2D eigenvalue weighted by molar-refractivity contribution is 5.96. The summed E-state index contributed by atoms with van der Waals surface area (Å²) in [5.41, 5.74) is 6.47. The number of aliphatic carboxylic acids is 2. The first kappa shape index (κ1) is 27.7. The van der Waals surface area contributed by atoms with Crippen LogP contribution in [0.4, 0.5) is 11.6 Å². The molecule has 0 aliphatic rings. The summed E-state index contributed by atoms with van der Waals surface area (Å²) in [7, 11) is 0. The molecule has 36 heavy (non-hydrogen) atoms. The minimum absolute atomic E-state index is 0.0524. The smallest absolute Gasteiger partial charge is 0.326 e. The van der Waals surface area contributed by atoms with E-state index in [1.165, 1.54) is 18.3 Å². The van der Waals surface area contributed by atoms with E-state index in [2.05, 4.69) is 30.6 Å². The number of aliphatic hydroxyl groups excluding tert-OH is 1. The van der Waals surface area contributed by atoms with Crippen molar-refractivity contribution in [1.82, 2.24) is 25.3 Å². The molecule has 8 N–H and O–H groups in total. The van der Waals surface area contributed by atoms with Crippen LogP contribution in [0.15, 0.2) is 35.3 Å².